The Morgan fingerprint density at radius 2 is 2.13 bits per heavy atom. The molecule has 0 bridgehead atoms. The Bertz CT molecular complexity index is 1010. The fourth-order valence-corrected chi connectivity index (χ4v) is 3.59. The zero-order valence-electron chi connectivity index (χ0n) is 16.9. The van der Waals surface area contributed by atoms with Crippen molar-refractivity contribution < 1.29 is 19.1 Å². The number of benzene rings is 1. The molecule has 1 amide bonds. The molecule has 0 unspecified atom stereocenters. The molecule has 0 atom stereocenters. The van der Waals surface area contributed by atoms with Crippen molar-refractivity contribution in [2.75, 3.05) is 20.2 Å². The minimum atomic E-state index is -0.297. The van der Waals surface area contributed by atoms with E-state index in [0.29, 0.717) is 12.4 Å². The monoisotopic (exact) mass is 411 g/mol. The van der Waals surface area contributed by atoms with Crippen LogP contribution in [0.15, 0.2) is 40.8 Å². The van der Waals surface area contributed by atoms with Crippen LogP contribution in [0, 0.1) is 0 Å². The van der Waals surface area contributed by atoms with Crippen molar-refractivity contribution in [2.24, 2.45) is 0 Å². The van der Waals surface area contributed by atoms with Gasteiger partial charge in [-0.2, -0.15) is 0 Å². The third kappa shape index (κ3) is 4.69. The Morgan fingerprint density at radius 1 is 1.23 bits per heavy atom. The van der Waals surface area contributed by atoms with E-state index in [9.17, 15) is 9.90 Å². The van der Waals surface area contributed by atoms with Gasteiger partial charge in [-0.1, -0.05) is 12.1 Å². The van der Waals surface area contributed by atoms with Gasteiger partial charge in [-0.15, -0.1) is 10.2 Å². The molecular formula is C21H25N5O4. The van der Waals surface area contributed by atoms with Crippen molar-refractivity contribution >= 4 is 5.91 Å². The lowest BCUT2D eigenvalue weighted by molar-refractivity contribution is 0.0913. The first kappa shape index (κ1) is 20.1. The highest BCUT2D eigenvalue weighted by Crippen LogP contribution is 2.16. The number of nitrogens with one attached hydrogen (secondary N) is 1. The number of ether oxygens (including phenoxy) is 1. The standard InChI is InChI=1S/C21H25N5O4/c1-29-14-17-5-6-18(30-17)21(28)22-12-20-24-23-19-7-8-25(9-10-26(19)20)13-15-3-2-4-16(27)11-15/h2-6,11,27H,7-10,12-14H2,1H3,(H,22,28). The van der Waals surface area contributed by atoms with Crippen LogP contribution in [0.25, 0.3) is 0 Å². The van der Waals surface area contributed by atoms with Gasteiger partial charge in [0.25, 0.3) is 5.91 Å². The summed E-state index contributed by atoms with van der Waals surface area (Å²) in [4.78, 5) is 14.7. The third-order valence-electron chi connectivity index (χ3n) is 5.09. The number of phenolic OH excluding ortho intramolecular Hbond substituents is 1. The van der Waals surface area contributed by atoms with Gasteiger partial charge in [-0.25, -0.2) is 0 Å². The highest BCUT2D eigenvalue weighted by Gasteiger charge is 2.20. The van der Waals surface area contributed by atoms with E-state index in [1.807, 2.05) is 12.1 Å². The number of furan rings is 1. The molecule has 0 radical (unpaired) electrons. The Morgan fingerprint density at radius 3 is 2.97 bits per heavy atom. The molecule has 0 fully saturated rings. The van der Waals surface area contributed by atoms with Crippen LogP contribution in [-0.4, -0.2) is 50.9 Å². The molecule has 30 heavy (non-hydrogen) atoms. The van der Waals surface area contributed by atoms with E-state index in [4.69, 9.17) is 9.15 Å². The molecule has 3 heterocycles. The average Bonchev–Trinajstić information content (AvgIpc) is 3.30. The Balaban J connectivity index is 1.35. The third-order valence-corrected chi connectivity index (χ3v) is 5.09. The molecule has 9 nitrogen and oxygen atoms in total. The van der Waals surface area contributed by atoms with Gasteiger partial charge in [-0.05, 0) is 29.8 Å². The molecule has 1 aliphatic heterocycles. The van der Waals surface area contributed by atoms with E-state index in [1.54, 1.807) is 31.4 Å². The van der Waals surface area contributed by atoms with Crippen LogP contribution < -0.4 is 5.32 Å². The van der Waals surface area contributed by atoms with Crippen LogP contribution in [0.5, 0.6) is 5.75 Å². The van der Waals surface area contributed by atoms with Gasteiger partial charge in [0.1, 0.15) is 23.9 Å². The zero-order chi connectivity index (χ0) is 20.9. The van der Waals surface area contributed by atoms with Crippen molar-refractivity contribution in [3.63, 3.8) is 0 Å². The number of hydrogen-bond acceptors (Lipinski definition) is 7. The fraction of sp³-hybridized carbons (Fsp3) is 0.381. The molecule has 0 aliphatic carbocycles. The normalized spacial score (nSPS) is 14.3. The average molecular weight is 411 g/mol. The number of amides is 1. The van der Waals surface area contributed by atoms with Crippen LogP contribution in [0.3, 0.4) is 0 Å². The van der Waals surface area contributed by atoms with E-state index in [-0.39, 0.29) is 24.0 Å². The topological polar surface area (TPSA) is 106 Å². The summed E-state index contributed by atoms with van der Waals surface area (Å²) in [5.41, 5.74) is 1.08. The molecule has 1 aromatic carbocycles. The first-order valence-electron chi connectivity index (χ1n) is 9.89. The number of hydrogen-bond donors (Lipinski definition) is 2. The van der Waals surface area contributed by atoms with E-state index in [0.717, 1.165) is 49.8 Å². The van der Waals surface area contributed by atoms with E-state index in [2.05, 4.69) is 25.0 Å². The molecule has 0 saturated heterocycles. The number of aromatic hydroxyl groups is 1. The predicted molar refractivity (Wildman–Crippen MR) is 108 cm³/mol. The van der Waals surface area contributed by atoms with Crippen LogP contribution in [0.4, 0.5) is 0 Å². The van der Waals surface area contributed by atoms with E-state index >= 15 is 0 Å². The summed E-state index contributed by atoms with van der Waals surface area (Å²) in [7, 11) is 1.57. The summed E-state index contributed by atoms with van der Waals surface area (Å²) >= 11 is 0. The van der Waals surface area contributed by atoms with Gasteiger partial charge in [0, 0.05) is 39.7 Å². The molecule has 1 aliphatic rings. The van der Waals surface area contributed by atoms with E-state index in [1.165, 1.54) is 0 Å². The molecule has 158 valence electrons. The maximum Gasteiger partial charge on any atom is 0.287 e. The van der Waals surface area contributed by atoms with Crippen LogP contribution in [0.2, 0.25) is 0 Å². The number of nitrogens with zero attached hydrogens (tertiary/aromatic N) is 4. The lowest BCUT2D eigenvalue weighted by Gasteiger charge is -2.19. The second kappa shape index (κ2) is 9.10. The molecule has 4 rings (SSSR count). The van der Waals surface area contributed by atoms with Crippen LogP contribution in [-0.2, 0) is 37.4 Å². The molecule has 3 aromatic rings. The molecular weight excluding hydrogens is 386 g/mol. The van der Waals surface area contributed by atoms with Crippen molar-refractivity contribution in [3.8, 4) is 5.75 Å². The van der Waals surface area contributed by atoms with Gasteiger partial charge >= 0.3 is 0 Å². The number of aromatic nitrogens is 3. The summed E-state index contributed by atoms with van der Waals surface area (Å²) in [6, 6.07) is 10.7. The Labute approximate surface area is 174 Å². The van der Waals surface area contributed by atoms with Gasteiger partial charge in [0.2, 0.25) is 0 Å². The van der Waals surface area contributed by atoms with Gasteiger partial charge in [0.15, 0.2) is 11.6 Å². The smallest absolute Gasteiger partial charge is 0.287 e. The Kier molecular flexibility index (Phi) is 6.10. The van der Waals surface area contributed by atoms with Crippen LogP contribution >= 0.6 is 0 Å². The SMILES string of the molecule is COCc1ccc(C(=O)NCc2nnc3n2CCN(Cc2cccc(O)c2)CC3)o1. The van der Waals surface area contributed by atoms with Crippen molar-refractivity contribution in [3.05, 3.63) is 65.1 Å². The maximum absolute atomic E-state index is 12.3. The van der Waals surface area contributed by atoms with Crippen LogP contribution in [0.1, 0.15) is 33.5 Å². The minimum Gasteiger partial charge on any atom is -0.508 e. The number of phenols is 1. The highest BCUT2D eigenvalue weighted by molar-refractivity contribution is 5.91. The second-order valence-electron chi connectivity index (χ2n) is 7.26. The highest BCUT2D eigenvalue weighted by atomic mass is 16.5. The van der Waals surface area contributed by atoms with Gasteiger partial charge in [-0.3, -0.25) is 9.69 Å². The summed E-state index contributed by atoms with van der Waals surface area (Å²) < 4.78 is 12.5. The maximum atomic E-state index is 12.3. The Hall–Kier alpha value is -3.17. The van der Waals surface area contributed by atoms with Crippen molar-refractivity contribution in [1.82, 2.24) is 25.0 Å². The largest absolute Gasteiger partial charge is 0.508 e. The molecule has 2 N–H and O–H groups in total. The van der Waals surface area contributed by atoms with Gasteiger partial charge < -0.3 is 24.1 Å². The summed E-state index contributed by atoms with van der Waals surface area (Å²) in [6.07, 6.45) is 0.776. The molecule has 2 aromatic heterocycles. The zero-order valence-corrected chi connectivity index (χ0v) is 16.9. The van der Waals surface area contributed by atoms with Gasteiger partial charge in [0.05, 0.1) is 6.54 Å². The summed E-state index contributed by atoms with van der Waals surface area (Å²) in [6.45, 7) is 3.80. The number of rotatable bonds is 7. The quantitative estimate of drug-likeness (QED) is 0.610. The van der Waals surface area contributed by atoms with E-state index < -0.39 is 0 Å². The second-order valence-corrected chi connectivity index (χ2v) is 7.26. The summed E-state index contributed by atoms with van der Waals surface area (Å²) in [5.74, 6) is 2.47. The minimum absolute atomic E-state index is 0.245. The number of carbonyl (C=O) groups excluding carboxylic acids is 1. The van der Waals surface area contributed by atoms with Crippen molar-refractivity contribution in [1.29, 1.82) is 0 Å². The molecule has 0 spiro atoms. The first-order chi connectivity index (χ1) is 14.6. The molecule has 9 heteroatoms. The lowest BCUT2D eigenvalue weighted by atomic mass is 10.2. The first-order valence-corrected chi connectivity index (χ1v) is 9.89. The number of fused-ring (bicyclic) bond motifs is 1. The fourth-order valence-electron chi connectivity index (χ4n) is 3.59. The molecule has 0 saturated carbocycles. The predicted octanol–water partition coefficient (Wildman–Crippen LogP) is 1.71. The lowest BCUT2D eigenvalue weighted by Crippen LogP contribution is -2.27. The van der Waals surface area contributed by atoms with Crippen molar-refractivity contribution in [2.45, 2.75) is 32.7 Å². The summed E-state index contributed by atoms with van der Waals surface area (Å²) in [5, 5.41) is 21.1. The number of carbonyl (C=O) groups is 1. The number of methoxy groups -OCH3 is 1.